The largest absolute Gasteiger partial charge is 0.511 e. The number of ketones is 1. The van der Waals surface area contributed by atoms with Crippen LogP contribution in [0.1, 0.15) is 65.0 Å². The number of aliphatic hydroxyl groups is 1. The Morgan fingerprint density at radius 2 is 1.94 bits per heavy atom. The molecule has 1 aliphatic carbocycles. The summed E-state index contributed by atoms with van der Waals surface area (Å²) in [5.74, 6) is -0.483. The summed E-state index contributed by atoms with van der Waals surface area (Å²) in [7, 11) is 0. The number of phenolic OH excluding ortho intramolecular Hbond substituents is 2. The van der Waals surface area contributed by atoms with E-state index in [1.54, 1.807) is 6.07 Å². The first-order chi connectivity index (χ1) is 14.6. The smallest absolute Gasteiger partial charge is 0.174 e. The molecule has 0 unspecified atom stereocenters. The highest BCUT2D eigenvalue weighted by Gasteiger charge is 2.48. The first-order valence-electron chi connectivity index (χ1n) is 10.8. The lowest BCUT2D eigenvalue weighted by atomic mass is 9.74. The molecule has 2 saturated heterocycles. The van der Waals surface area contributed by atoms with Crippen molar-refractivity contribution in [2.45, 2.75) is 71.2 Å². The minimum Gasteiger partial charge on any atom is -0.511 e. The Morgan fingerprint density at radius 1 is 1.19 bits per heavy atom. The van der Waals surface area contributed by atoms with E-state index in [0.717, 1.165) is 24.0 Å². The number of carbonyl (C=O) groups excluding carboxylic acids is 1. The van der Waals surface area contributed by atoms with Crippen molar-refractivity contribution in [3.8, 4) is 11.5 Å². The fraction of sp³-hybridized carbons (Fsp3) is 0.480. The number of rotatable bonds is 3. The van der Waals surface area contributed by atoms with Gasteiger partial charge in [0.1, 0.15) is 17.6 Å². The predicted octanol–water partition coefficient (Wildman–Crippen LogP) is 5.14. The summed E-state index contributed by atoms with van der Waals surface area (Å²) < 4.78 is 12.7. The quantitative estimate of drug-likeness (QED) is 0.458. The van der Waals surface area contributed by atoms with Gasteiger partial charge in [0, 0.05) is 11.5 Å². The average Bonchev–Trinajstić information content (AvgIpc) is 2.68. The molecule has 2 fully saturated rings. The van der Waals surface area contributed by atoms with Gasteiger partial charge in [0.25, 0.3) is 0 Å². The zero-order valence-corrected chi connectivity index (χ0v) is 18.4. The molecule has 2 aliphatic heterocycles. The summed E-state index contributed by atoms with van der Waals surface area (Å²) >= 11 is 0. The van der Waals surface area contributed by atoms with Crippen LogP contribution >= 0.6 is 0 Å². The molecule has 2 heterocycles. The van der Waals surface area contributed by atoms with E-state index in [0.29, 0.717) is 17.7 Å². The van der Waals surface area contributed by atoms with Crippen LogP contribution in [0.5, 0.6) is 11.5 Å². The van der Waals surface area contributed by atoms with Crippen LogP contribution < -0.4 is 0 Å². The van der Waals surface area contributed by atoms with Gasteiger partial charge in [0.15, 0.2) is 17.3 Å². The molecular formula is C25H30O6. The molecule has 0 spiro atoms. The Kier molecular flexibility index (Phi) is 5.38. The van der Waals surface area contributed by atoms with Gasteiger partial charge in [-0.15, -0.1) is 0 Å². The van der Waals surface area contributed by atoms with Crippen LogP contribution in [-0.2, 0) is 14.3 Å². The van der Waals surface area contributed by atoms with Crippen molar-refractivity contribution in [2.75, 3.05) is 0 Å². The minimum atomic E-state index is -0.625. The summed E-state index contributed by atoms with van der Waals surface area (Å²) in [6, 6.07) is 4.41. The zero-order valence-electron chi connectivity index (χ0n) is 18.4. The van der Waals surface area contributed by atoms with Crippen molar-refractivity contribution in [2.24, 2.45) is 5.92 Å². The van der Waals surface area contributed by atoms with Crippen LogP contribution in [0.25, 0.3) is 0 Å². The second kappa shape index (κ2) is 7.75. The van der Waals surface area contributed by atoms with Crippen molar-refractivity contribution in [1.29, 1.82) is 0 Å². The number of carbonyl (C=O) groups is 1. The third-order valence-corrected chi connectivity index (χ3v) is 6.35. The lowest BCUT2D eigenvalue weighted by Gasteiger charge is -2.46. The maximum atomic E-state index is 13.2. The Hall–Kier alpha value is -2.73. The number of allylic oxidation sites excluding steroid dienone is 3. The van der Waals surface area contributed by atoms with Gasteiger partial charge in [-0.1, -0.05) is 17.7 Å². The highest BCUT2D eigenvalue weighted by molar-refractivity contribution is 6.01. The third kappa shape index (κ3) is 3.97. The van der Waals surface area contributed by atoms with E-state index in [2.05, 4.69) is 6.08 Å². The van der Waals surface area contributed by atoms with Gasteiger partial charge >= 0.3 is 0 Å². The molecule has 0 aromatic heterocycles. The number of aliphatic hydroxyl groups excluding tert-OH is 1. The van der Waals surface area contributed by atoms with Crippen LogP contribution in [0, 0.1) is 5.92 Å². The summed E-state index contributed by atoms with van der Waals surface area (Å²) in [5.41, 5.74) is 2.52. The first kappa shape index (κ1) is 21.5. The second-order valence-corrected chi connectivity index (χ2v) is 9.53. The van der Waals surface area contributed by atoms with Gasteiger partial charge < -0.3 is 24.8 Å². The van der Waals surface area contributed by atoms with Gasteiger partial charge in [0.05, 0.1) is 23.7 Å². The van der Waals surface area contributed by atoms with E-state index in [1.165, 1.54) is 12.1 Å². The third-order valence-electron chi connectivity index (χ3n) is 6.35. The lowest BCUT2D eigenvalue weighted by molar-refractivity contribution is -0.128. The average molecular weight is 427 g/mol. The topological polar surface area (TPSA) is 96.2 Å². The Morgan fingerprint density at radius 3 is 2.61 bits per heavy atom. The normalized spacial score (nSPS) is 27.4. The fourth-order valence-corrected chi connectivity index (χ4v) is 4.63. The maximum Gasteiger partial charge on any atom is 0.174 e. The summed E-state index contributed by atoms with van der Waals surface area (Å²) in [6.45, 7) is 8.11. The van der Waals surface area contributed by atoms with Gasteiger partial charge in [-0.25, -0.2) is 0 Å². The highest BCUT2D eigenvalue weighted by Crippen LogP contribution is 2.49. The van der Waals surface area contributed by atoms with Gasteiger partial charge in [-0.3, -0.25) is 4.79 Å². The van der Waals surface area contributed by atoms with E-state index in [1.807, 2.05) is 27.7 Å². The van der Waals surface area contributed by atoms with Gasteiger partial charge in [0.2, 0.25) is 0 Å². The molecular weight excluding hydrogens is 396 g/mol. The van der Waals surface area contributed by atoms with Crippen molar-refractivity contribution in [3.05, 3.63) is 58.1 Å². The molecule has 0 bridgehead atoms. The Labute approximate surface area is 182 Å². The molecule has 6 nitrogen and oxygen atoms in total. The summed E-state index contributed by atoms with van der Waals surface area (Å²) in [5, 5.41) is 30.6. The van der Waals surface area contributed by atoms with Gasteiger partial charge in [-0.05, 0) is 64.7 Å². The molecule has 3 atom stereocenters. The van der Waals surface area contributed by atoms with Crippen molar-refractivity contribution in [1.82, 2.24) is 0 Å². The van der Waals surface area contributed by atoms with E-state index in [9.17, 15) is 20.1 Å². The molecule has 0 saturated carbocycles. The van der Waals surface area contributed by atoms with Crippen LogP contribution in [0.4, 0.5) is 0 Å². The number of aromatic hydroxyl groups is 2. The second-order valence-electron chi connectivity index (χ2n) is 9.53. The van der Waals surface area contributed by atoms with Crippen LogP contribution in [0.15, 0.2) is 52.5 Å². The van der Waals surface area contributed by atoms with Crippen molar-refractivity contribution < 1.29 is 29.6 Å². The number of ether oxygens (including phenoxy) is 2. The molecule has 3 aliphatic rings. The number of hydrogen-bond donors (Lipinski definition) is 3. The summed E-state index contributed by atoms with van der Waals surface area (Å²) in [6.07, 6.45) is 3.23. The maximum absolute atomic E-state index is 13.2. The molecule has 0 radical (unpaired) electrons. The molecule has 166 valence electrons. The predicted molar refractivity (Wildman–Crippen MR) is 116 cm³/mol. The number of Topliss-reactive ketones (excluding diaryl/α,β-unsaturated/α-hetero) is 1. The molecule has 6 heteroatoms. The van der Waals surface area contributed by atoms with Gasteiger partial charge in [-0.2, -0.15) is 0 Å². The van der Waals surface area contributed by atoms with E-state index < -0.39 is 6.10 Å². The van der Waals surface area contributed by atoms with E-state index >= 15 is 0 Å². The zero-order chi connectivity index (χ0) is 22.5. The summed E-state index contributed by atoms with van der Waals surface area (Å²) in [4.78, 5) is 13.2. The number of fused-ring (bicyclic) bond motifs is 2. The molecule has 3 N–H and O–H groups in total. The van der Waals surface area contributed by atoms with Crippen molar-refractivity contribution in [3.63, 3.8) is 0 Å². The Bertz CT molecular complexity index is 1010. The minimum absolute atomic E-state index is 0.0484. The van der Waals surface area contributed by atoms with Crippen LogP contribution in [-0.4, -0.2) is 32.8 Å². The molecule has 1 aromatic rings. The fourth-order valence-electron chi connectivity index (χ4n) is 4.63. The molecule has 1 aromatic carbocycles. The first-order valence-corrected chi connectivity index (χ1v) is 10.8. The van der Waals surface area contributed by atoms with Crippen molar-refractivity contribution >= 4 is 5.78 Å². The standard InChI is InChI=1S/C25H30O6/c1-13(2)5-7-16-23-15(9-10-25(3,4)31-23)22(29)21-19(28)12-20(30-24(16)21)14-6-8-17(26)18(27)11-14/h5-6,8,11,15,20,23,26-27,29H,7,9-10,12H2,1-4H3/t15-,20-,23-/m0/s1. The lowest BCUT2D eigenvalue weighted by Crippen LogP contribution is -2.46. The number of phenols is 2. The van der Waals surface area contributed by atoms with Crippen LogP contribution in [0.3, 0.4) is 0 Å². The molecule has 4 rings (SSSR count). The SMILES string of the molecule is CC(C)=CCC1=C2O[C@H](c3ccc(O)c(O)c3)CC(=O)C2=C(O)[C@@H]2CCC(C)(C)O[C@H]12. The number of hydrogen-bond acceptors (Lipinski definition) is 6. The highest BCUT2D eigenvalue weighted by atomic mass is 16.5. The monoisotopic (exact) mass is 426 g/mol. The van der Waals surface area contributed by atoms with Crippen LogP contribution in [0.2, 0.25) is 0 Å². The molecule has 0 amide bonds. The van der Waals surface area contributed by atoms with E-state index in [4.69, 9.17) is 9.47 Å². The van der Waals surface area contributed by atoms with E-state index in [-0.39, 0.29) is 52.7 Å². The Balaban J connectivity index is 1.81. The molecule has 31 heavy (non-hydrogen) atoms. The number of benzene rings is 1.